The van der Waals surface area contributed by atoms with Gasteiger partial charge in [-0.2, -0.15) is 13.2 Å². The Bertz CT molecular complexity index is 684. The van der Waals surface area contributed by atoms with Gasteiger partial charge in [0.2, 0.25) is 0 Å². The van der Waals surface area contributed by atoms with E-state index in [0.29, 0.717) is 19.3 Å². The van der Waals surface area contributed by atoms with Crippen molar-refractivity contribution in [1.82, 2.24) is 0 Å². The van der Waals surface area contributed by atoms with Crippen LogP contribution in [0.25, 0.3) is 11.1 Å². The monoisotopic (exact) mass is 290 g/mol. The lowest BCUT2D eigenvalue weighted by Gasteiger charge is -2.16. The van der Waals surface area contributed by atoms with E-state index < -0.39 is 11.7 Å². The van der Waals surface area contributed by atoms with E-state index in [1.807, 2.05) is 18.2 Å². The third-order valence-electron chi connectivity index (χ3n) is 3.81. The first kappa shape index (κ1) is 13.9. The SMILES string of the molecule is O=C1CCc2cc(-c3ccc(C(F)(F)F)cc3)ccc2C1. The normalized spacial score (nSPS) is 14.9. The van der Waals surface area contributed by atoms with Crippen LogP contribution in [0, 0.1) is 0 Å². The number of carbonyl (C=O) groups is 1. The zero-order valence-corrected chi connectivity index (χ0v) is 11.2. The molecule has 0 aliphatic heterocycles. The summed E-state index contributed by atoms with van der Waals surface area (Å²) in [7, 11) is 0. The quantitative estimate of drug-likeness (QED) is 0.759. The Morgan fingerprint density at radius 2 is 1.48 bits per heavy atom. The van der Waals surface area contributed by atoms with Gasteiger partial charge in [-0.15, -0.1) is 0 Å². The maximum atomic E-state index is 12.6. The van der Waals surface area contributed by atoms with Crippen LogP contribution in [0.2, 0.25) is 0 Å². The molecule has 0 aromatic heterocycles. The zero-order valence-electron chi connectivity index (χ0n) is 11.2. The third kappa shape index (κ3) is 2.84. The molecule has 0 radical (unpaired) electrons. The molecular formula is C17H13F3O. The first-order chi connectivity index (χ1) is 9.93. The lowest BCUT2D eigenvalue weighted by molar-refractivity contribution is -0.137. The second-order valence-electron chi connectivity index (χ2n) is 5.27. The van der Waals surface area contributed by atoms with Crippen molar-refractivity contribution in [3.8, 4) is 11.1 Å². The van der Waals surface area contributed by atoms with E-state index in [4.69, 9.17) is 0 Å². The molecule has 0 saturated carbocycles. The predicted octanol–water partition coefficient (Wildman–Crippen LogP) is 4.43. The summed E-state index contributed by atoms with van der Waals surface area (Å²) in [5.74, 6) is 0.241. The molecule has 1 nitrogen and oxygen atoms in total. The average molecular weight is 290 g/mol. The van der Waals surface area contributed by atoms with Gasteiger partial charge in [-0.05, 0) is 40.8 Å². The Balaban J connectivity index is 1.92. The molecule has 108 valence electrons. The van der Waals surface area contributed by atoms with Crippen LogP contribution in [-0.2, 0) is 23.8 Å². The van der Waals surface area contributed by atoms with E-state index in [1.54, 1.807) is 0 Å². The van der Waals surface area contributed by atoms with Crippen LogP contribution >= 0.6 is 0 Å². The topological polar surface area (TPSA) is 17.1 Å². The summed E-state index contributed by atoms with van der Waals surface area (Å²) < 4.78 is 37.7. The average Bonchev–Trinajstić information content (AvgIpc) is 2.46. The Hall–Kier alpha value is -2.10. The van der Waals surface area contributed by atoms with E-state index in [0.717, 1.165) is 34.4 Å². The molecule has 1 aliphatic carbocycles. The Morgan fingerprint density at radius 3 is 2.14 bits per heavy atom. The number of rotatable bonds is 1. The van der Waals surface area contributed by atoms with Crippen LogP contribution in [0.1, 0.15) is 23.1 Å². The van der Waals surface area contributed by atoms with Crippen molar-refractivity contribution in [2.45, 2.75) is 25.4 Å². The van der Waals surface area contributed by atoms with Crippen molar-refractivity contribution >= 4 is 5.78 Å². The van der Waals surface area contributed by atoms with Crippen LogP contribution in [-0.4, -0.2) is 5.78 Å². The number of ketones is 1. The van der Waals surface area contributed by atoms with Crippen LogP contribution in [0.3, 0.4) is 0 Å². The van der Waals surface area contributed by atoms with Gasteiger partial charge >= 0.3 is 6.18 Å². The highest BCUT2D eigenvalue weighted by atomic mass is 19.4. The highest BCUT2D eigenvalue weighted by Crippen LogP contribution is 2.32. The largest absolute Gasteiger partial charge is 0.416 e. The summed E-state index contributed by atoms with van der Waals surface area (Å²) in [5, 5.41) is 0. The summed E-state index contributed by atoms with van der Waals surface area (Å²) in [6, 6.07) is 10.9. The molecule has 0 bridgehead atoms. The number of halogens is 3. The smallest absolute Gasteiger partial charge is 0.299 e. The van der Waals surface area contributed by atoms with Crippen molar-refractivity contribution in [2.24, 2.45) is 0 Å². The minimum atomic E-state index is -4.31. The van der Waals surface area contributed by atoms with Gasteiger partial charge in [0.25, 0.3) is 0 Å². The fraction of sp³-hybridized carbons (Fsp3) is 0.235. The lowest BCUT2D eigenvalue weighted by Crippen LogP contribution is -2.13. The molecule has 0 spiro atoms. The molecule has 4 heteroatoms. The van der Waals surface area contributed by atoms with Gasteiger partial charge in [0.05, 0.1) is 5.56 Å². The van der Waals surface area contributed by atoms with E-state index in [2.05, 4.69) is 0 Å². The lowest BCUT2D eigenvalue weighted by atomic mass is 9.88. The number of aryl methyl sites for hydroxylation is 1. The number of Topliss-reactive ketones (excluding diaryl/α,β-unsaturated/α-hetero) is 1. The second-order valence-corrected chi connectivity index (χ2v) is 5.27. The Morgan fingerprint density at radius 1 is 0.810 bits per heavy atom. The standard InChI is InChI=1S/C17H13F3O/c18-17(19,20)15-6-3-11(4-7-15)12-1-2-14-10-16(21)8-5-13(14)9-12/h1-4,6-7,9H,5,8,10H2. The summed E-state index contributed by atoms with van der Waals surface area (Å²) >= 11 is 0. The molecule has 0 saturated heterocycles. The number of fused-ring (bicyclic) bond motifs is 1. The molecule has 2 aromatic rings. The van der Waals surface area contributed by atoms with E-state index >= 15 is 0 Å². The minimum Gasteiger partial charge on any atom is -0.299 e. The summed E-state index contributed by atoms with van der Waals surface area (Å²) in [4.78, 5) is 11.4. The molecular weight excluding hydrogens is 277 g/mol. The minimum absolute atomic E-state index is 0.241. The molecule has 0 amide bonds. The summed E-state index contributed by atoms with van der Waals surface area (Å²) in [6.45, 7) is 0. The zero-order chi connectivity index (χ0) is 15.0. The number of alkyl halides is 3. The third-order valence-corrected chi connectivity index (χ3v) is 3.81. The Kier molecular flexibility index (Phi) is 3.32. The van der Waals surface area contributed by atoms with Crippen LogP contribution in [0.5, 0.6) is 0 Å². The van der Waals surface area contributed by atoms with E-state index in [9.17, 15) is 18.0 Å². The van der Waals surface area contributed by atoms with Gasteiger partial charge in [-0.25, -0.2) is 0 Å². The molecule has 0 heterocycles. The number of benzene rings is 2. The number of carbonyl (C=O) groups excluding carboxylic acids is 1. The van der Waals surface area contributed by atoms with Crippen LogP contribution in [0.4, 0.5) is 13.2 Å². The first-order valence-electron chi connectivity index (χ1n) is 6.74. The molecule has 2 aromatic carbocycles. The van der Waals surface area contributed by atoms with Crippen molar-refractivity contribution in [3.05, 3.63) is 59.2 Å². The molecule has 0 unspecified atom stereocenters. The molecule has 1 aliphatic rings. The fourth-order valence-electron chi connectivity index (χ4n) is 2.64. The number of hydrogen-bond acceptors (Lipinski definition) is 1. The van der Waals surface area contributed by atoms with Gasteiger partial charge in [0, 0.05) is 12.8 Å². The summed E-state index contributed by atoms with van der Waals surface area (Å²) in [5.41, 5.74) is 3.14. The maximum absolute atomic E-state index is 12.6. The second kappa shape index (κ2) is 5.02. The maximum Gasteiger partial charge on any atom is 0.416 e. The summed E-state index contributed by atoms with van der Waals surface area (Å²) in [6.07, 6.45) is -2.59. The van der Waals surface area contributed by atoms with Crippen molar-refractivity contribution in [3.63, 3.8) is 0 Å². The van der Waals surface area contributed by atoms with Crippen molar-refractivity contribution < 1.29 is 18.0 Å². The van der Waals surface area contributed by atoms with Gasteiger partial charge in [0.1, 0.15) is 5.78 Å². The van der Waals surface area contributed by atoms with Gasteiger partial charge in [0.15, 0.2) is 0 Å². The Labute approximate surface area is 120 Å². The highest BCUT2D eigenvalue weighted by Gasteiger charge is 2.30. The van der Waals surface area contributed by atoms with Crippen molar-refractivity contribution in [1.29, 1.82) is 0 Å². The molecule has 21 heavy (non-hydrogen) atoms. The van der Waals surface area contributed by atoms with Gasteiger partial charge in [-0.3, -0.25) is 4.79 Å². The van der Waals surface area contributed by atoms with E-state index in [-0.39, 0.29) is 5.78 Å². The van der Waals surface area contributed by atoms with E-state index in [1.165, 1.54) is 12.1 Å². The molecule has 0 N–H and O–H groups in total. The van der Waals surface area contributed by atoms with Crippen molar-refractivity contribution in [2.75, 3.05) is 0 Å². The fourth-order valence-corrected chi connectivity index (χ4v) is 2.64. The molecule has 0 atom stereocenters. The van der Waals surface area contributed by atoms with Crippen LogP contribution in [0.15, 0.2) is 42.5 Å². The molecule has 0 fully saturated rings. The highest BCUT2D eigenvalue weighted by molar-refractivity contribution is 5.83. The number of hydrogen-bond donors (Lipinski definition) is 0. The predicted molar refractivity (Wildman–Crippen MR) is 73.9 cm³/mol. The molecule has 3 rings (SSSR count). The van der Waals surface area contributed by atoms with Gasteiger partial charge in [-0.1, -0.05) is 30.3 Å². The first-order valence-corrected chi connectivity index (χ1v) is 6.74. The van der Waals surface area contributed by atoms with Crippen LogP contribution < -0.4 is 0 Å². The van der Waals surface area contributed by atoms with Gasteiger partial charge < -0.3 is 0 Å².